The van der Waals surface area contributed by atoms with Crippen molar-refractivity contribution in [3.63, 3.8) is 0 Å². The largest absolute Gasteiger partial charge is 0.494 e. The maximum atomic E-state index is 12.3. The molecule has 1 aromatic carbocycles. The van der Waals surface area contributed by atoms with Crippen LogP contribution in [0.2, 0.25) is 0 Å². The van der Waals surface area contributed by atoms with Crippen molar-refractivity contribution in [1.29, 1.82) is 0 Å². The average molecular weight is 355 g/mol. The number of allylic oxidation sites excluding steroid dienone is 1. The van der Waals surface area contributed by atoms with Crippen LogP contribution in [0.1, 0.15) is 54.4 Å². The van der Waals surface area contributed by atoms with Gasteiger partial charge in [-0.15, -0.1) is 6.58 Å². The molecule has 5 nitrogen and oxygen atoms in total. The highest BCUT2D eigenvalue weighted by Crippen LogP contribution is 2.14. The van der Waals surface area contributed by atoms with E-state index in [0.717, 1.165) is 49.1 Å². The summed E-state index contributed by atoms with van der Waals surface area (Å²) < 4.78 is 7.43. The minimum atomic E-state index is -0.117. The first-order valence-corrected chi connectivity index (χ1v) is 9.27. The highest BCUT2D eigenvalue weighted by Gasteiger charge is 2.12. The van der Waals surface area contributed by atoms with Crippen LogP contribution >= 0.6 is 0 Å². The first-order chi connectivity index (χ1) is 12.6. The van der Waals surface area contributed by atoms with Crippen LogP contribution in [0.25, 0.3) is 0 Å². The Morgan fingerprint density at radius 1 is 1.31 bits per heavy atom. The number of hydrogen-bond acceptors (Lipinski definition) is 3. The maximum Gasteiger partial charge on any atom is 0.269 e. The second-order valence-corrected chi connectivity index (χ2v) is 6.31. The fraction of sp³-hybridized carbons (Fsp3) is 0.429. The third-order valence-corrected chi connectivity index (χ3v) is 4.20. The van der Waals surface area contributed by atoms with Crippen LogP contribution in [0, 0.1) is 0 Å². The summed E-state index contributed by atoms with van der Waals surface area (Å²) in [5.41, 5.74) is 2.51. The molecule has 0 fully saturated rings. The molecule has 1 aromatic heterocycles. The normalized spacial score (nSPS) is 10.5. The van der Waals surface area contributed by atoms with Gasteiger partial charge in [0.25, 0.3) is 5.91 Å². The Labute approximate surface area is 156 Å². The number of amides is 1. The van der Waals surface area contributed by atoms with Crippen molar-refractivity contribution < 1.29 is 9.53 Å². The van der Waals surface area contributed by atoms with Crippen LogP contribution in [-0.2, 0) is 20.0 Å². The Morgan fingerprint density at radius 2 is 2.15 bits per heavy atom. The zero-order valence-corrected chi connectivity index (χ0v) is 15.8. The van der Waals surface area contributed by atoms with Gasteiger partial charge in [-0.2, -0.15) is 5.10 Å². The van der Waals surface area contributed by atoms with Crippen LogP contribution in [0.15, 0.2) is 43.0 Å². The minimum Gasteiger partial charge on any atom is -0.494 e. The molecule has 2 rings (SSSR count). The lowest BCUT2D eigenvalue weighted by Gasteiger charge is -2.09. The zero-order valence-electron chi connectivity index (χ0n) is 15.8. The Kier molecular flexibility index (Phi) is 7.93. The van der Waals surface area contributed by atoms with Gasteiger partial charge in [-0.3, -0.25) is 9.48 Å². The fourth-order valence-electron chi connectivity index (χ4n) is 2.69. The number of benzene rings is 1. The van der Waals surface area contributed by atoms with Gasteiger partial charge in [-0.1, -0.05) is 25.1 Å². The van der Waals surface area contributed by atoms with Crippen molar-refractivity contribution in [1.82, 2.24) is 15.1 Å². The molecule has 0 aliphatic heterocycles. The van der Waals surface area contributed by atoms with Crippen LogP contribution < -0.4 is 10.1 Å². The number of carbonyl (C=O) groups is 1. The summed E-state index contributed by atoms with van der Waals surface area (Å²) in [5.74, 6) is 0.725. The molecule has 0 radical (unpaired) electrons. The molecule has 5 heteroatoms. The number of nitrogens with one attached hydrogen (secondary N) is 1. The number of hydrogen-bond donors (Lipinski definition) is 1. The molecule has 1 heterocycles. The summed E-state index contributed by atoms with van der Waals surface area (Å²) >= 11 is 0. The third kappa shape index (κ3) is 6.06. The van der Waals surface area contributed by atoms with Gasteiger partial charge in [-0.05, 0) is 55.9 Å². The minimum absolute atomic E-state index is 0.117. The number of aromatic nitrogens is 2. The second kappa shape index (κ2) is 10.4. The summed E-state index contributed by atoms with van der Waals surface area (Å²) in [5, 5.41) is 7.26. The molecule has 2 aromatic rings. The third-order valence-electron chi connectivity index (χ3n) is 4.20. The lowest BCUT2D eigenvalue weighted by atomic mass is 10.2. The standard InChI is InChI=1S/C21H29N3O2/c1-4-6-7-8-9-13-26-19-12-10-11-17(14-19)16-22-21(25)20-15-18(5-2)23-24(20)3/h4,10-12,14-15H,1,5-9,13,16H2,2-3H3,(H,22,25). The van der Waals surface area contributed by atoms with E-state index in [1.807, 2.05) is 43.3 Å². The average Bonchev–Trinajstić information content (AvgIpc) is 3.04. The Hall–Kier alpha value is -2.56. The molecule has 0 atom stereocenters. The van der Waals surface area contributed by atoms with Gasteiger partial charge in [0, 0.05) is 13.6 Å². The number of aryl methyl sites for hydroxylation is 2. The molecule has 140 valence electrons. The SMILES string of the molecule is C=CCCCCCOc1cccc(CNC(=O)c2cc(CC)nn2C)c1. The first-order valence-electron chi connectivity index (χ1n) is 9.27. The van der Waals surface area contributed by atoms with Gasteiger partial charge in [0.15, 0.2) is 0 Å². The Balaban J connectivity index is 1.81. The van der Waals surface area contributed by atoms with Gasteiger partial charge >= 0.3 is 0 Å². The van der Waals surface area contributed by atoms with Crippen molar-refractivity contribution in [3.8, 4) is 5.75 Å². The van der Waals surface area contributed by atoms with Crippen LogP contribution in [-0.4, -0.2) is 22.3 Å². The highest BCUT2D eigenvalue weighted by atomic mass is 16.5. The van der Waals surface area contributed by atoms with Crippen LogP contribution in [0.5, 0.6) is 5.75 Å². The van der Waals surface area contributed by atoms with E-state index in [4.69, 9.17) is 4.74 Å². The van der Waals surface area contributed by atoms with Crippen molar-refractivity contribution >= 4 is 5.91 Å². The van der Waals surface area contributed by atoms with Crippen molar-refractivity contribution in [2.45, 2.75) is 45.6 Å². The summed E-state index contributed by atoms with van der Waals surface area (Å²) in [6, 6.07) is 9.70. The van der Waals surface area contributed by atoms with Crippen LogP contribution in [0.3, 0.4) is 0 Å². The lowest BCUT2D eigenvalue weighted by Crippen LogP contribution is -2.25. The molecular formula is C21H29N3O2. The molecule has 0 aliphatic carbocycles. The summed E-state index contributed by atoms with van der Waals surface area (Å²) in [6.45, 7) is 6.92. The van der Waals surface area contributed by atoms with Crippen molar-refractivity contribution in [2.24, 2.45) is 7.05 Å². The molecular weight excluding hydrogens is 326 g/mol. The molecule has 1 amide bonds. The highest BCUT2D eigenvalue weighted by molar-refractivity contribution is 5.92. The molecule has 1 N–H and O–H groups in total. The van der Waals surface area contributed by atoms with E-state index < -0.39 is 0 Å². The van der Waals surface area contributed by atoms with E-state index in [1.165, 1.54) is 0 Å². The number of unbranched alkanes of at least 4 members (excludes halogenated alkanes) is 3. The maximum absolute atomic E-state index is 12.3. The quantitative estimate of drug-likeness (QED) is 0.489. The predicted molar refractivity (Wildman–Crippen MR) is 104 cm³/mol. The number of rotatable bonds is 11. The Morgan fingerprint density at radius 3 is 2.88 bits per heavy atom. The van der Waals surface area contributed by atoms with Crippen LogP contribution in [0.4, 0.5) is 0 Å². The van der Waals surface area contributed by atoms with Crippen molar-refractivity contribution in [3.05, 3.63) is 59.9 Å². The summed E-state index contributed by atoms with van der Waals surface area (Å²) in [7, 11) is 1.79. The van der Waals surface area contributed by atoms with Gasteiger partial charge in [0.05, 0.1) is 12.3 Å². The number of carbonyl (C=O) groups excluding carboxylic acids is 1. The monoisotopic (exact) mass is 355 g/mol. The molecule has 0 saturated carbocycles. The molecule has 0 aliphatic rings. The summed E-state index contributed by atoms with van der Waals surface area (Å²) in [6.07, 6.45) is 7.17. The molecule has 26 heavy (non-hydrogen) atoms. The molecule has 0 saturated heterocycles. The first kappa shape index (κ1) is 19.8. The topological polar surface area (TPSA) is 56.1 Å². The lowest BCUT2D eigenvalue weighted by molar-refractivity contribution is 0.0941. The molecule has 0 bridgehead atoms. The number of ether oxygens (including phenoxy) is 1. The van der Waals surface area contributed by atoms with Gasteiger partial charge in [0.2, 0.25) is 0 Å². The summed E-state index contributed by atoms with van der Waals surface area (Å²) in [4.78, 5) is 12.3. The van der Waals surface area contributed by atoms with Crippen molar-refractivity contribution in [2.75, 3.05) is 6.61 Å². The van der Waals surface area contributed by atoms with Gasteiger partial charge in [0.1, 0.15) is 11.4 Å². The van der Waals surface area contributed by atoms with Gasteiger partial charge < -0.3 is 10.1 Å². The Bertz CT molecular complexity index is 722. The fourth-order valence-corrected chi connectivity index (χ4v) is 2.69. The van der Waals surface area contributed by atoms with Gasteiger partial charge in [-0.25, -0.2) is 0 Å². The van der Waals surface area contributed by atoms with E-state index in [0.29, 0.717) is 18.8 Å². The van der Waals surface area contributed by atoms with E-state index in [-0.39, 0.29) is 5.91 Å². The molecule has 0 unspecified atom stereocenters. The van der Waals surface area contributed by atoms with E-state index >= 15 is 0 Å². The number of nitrogens with zero attached hydrogens (tertiary/aromatic N) is 2. The molecule has 0 spiro atoms. The van der Waals surface area contributed by atoms with E-state index in [2.05, 4.69) is 17.0 Å². The predicted octanol–water partition coefficient (Wildman–Crippen LogP) is 4.04. The zero-order chi connectivity index (χ0) is 18.8. The smallest absolute Gasteiger partial charge is 0.269 e. The van der Waals surface area contributed by atoms with E-state index in [1.54, 1.807) is 11.7 Å². The second-order valence-electron chi connectivity index (χ2n) is 6.31. The van der Waals surface area contributed by atoms with E-state index in [9.17, 15) is 4.79 Å².